The van der Waals surface area contributed by atoms with Crippen LogP contribution in [0.3, 0.4) is 0 Å². The normalized spacial score (nSPS) is 11.0. The molecule has 0 unspecified atom stereocenters. The van der Waals surface area contributed by atoms with Crippen LogP contribution < -0.4 is 5.56 Å². The van der Waals surface area contributed by atoms with Crippen LogP contribution in [0.1, 0.15) is 5.56 Å². The van der Waals surface area contributed by atoms with Gasteiger partial charge in [-0.2, -0.15) is 0 Å². The van der Waals surface area contributed by atoms with E-state index in [9.17, 15) is 4.79 Å². The molecule has 0 atom stereocenters. The van der Waals surface area contributed by atoms with Crippen LogP contribution in [0.15, 0.2) is 47.5 Å². The van der Waals surface area contributed by atoms with E-state index in [1.165, 1.54) is 5.56 Å². The van der Waals surface area contributed by atoms with Crippen LogP contribution in [0.2, 0.25) is 5.02 Å². The molecule has 0 aliphatic heterocycles. The number of nitrogens with zero attached hydrogens (tertiary/aromatic N) is 1. The van der Waals surface area contributed by atoms with E-state index in [2.05, 4.69) is 4.98 Å². The molecular formula is C14H11ClN2O. The van der Waals surface area contributed by atoms with Crippen molar-refractivity contribution in [1.82, 2.24) is 9.38 Å². The summed E-state index contributed by atoms with van der Waals surface area (Å²) >= 11 is 5.90. The minimum absolute atomic E-state index is 0.139. The highest BCUT2D eigenvalue weighted by Crippen LogP contribution is 2.18. The zero-order chi connectivity index (χ0) is 12.7. The molecule has 3 nitrogen and oxygen atoms in total. The minimum Gasteiger partial charge on any atom is -0.319 e. The Hall–Kier alpha value is -2.00. The first kappa shape index (κ1) is 11.1. The van der Waals surface area contributed by atoms with Crippen LogP contribution in [-0.2, 0) is 0 Å². The molecule has 0 saturated heterocycles. The first-order chi connectivity index (χ1) is 8.63. The van der Waals surface area contributed by atoms with Crippen molar-refractivity contribution in [3.05, 3.63) is 63.7 Å². The highest BCUT2D eigenvalue weighted by molar-refractivity contribution is 6.31. The maximum Gasteiger partial charge on any atom is 0.272 e. The van der Waals surface area contributed by atoms with Crippen molar-refractivity contribution in [2.24, 2.45) is 0 Å². The summed E-state index contributed by atoms with van der Waals surface area (Å²) in [5.41, 5.74) is 3.35. The fraction of sp³-hybridized carbons (Fsp3) is 0.0714. The Labute approximate surface area is 109 Å². The number of aryl methyl sites for hydroxylation is 1. The molecule has 3 aromatic rings. The zero-order valence-electron chi connectivity index (χ0n) is 9.77. The number of aromatic amines is 1. The molecule has 4 heteroatoms. The SMILES string of the molecule is Cc1ccc(-c2cn3cc(Cl)cc3c(=O)[nH]2)cc1. The van der Waals surface area contributed by atoms with E-state index in [1.807, 2.05) is 37.4 Å². The predicted molar refractivity (Wildman–Crippen MR) is 73.2 cm³/mol. The van der Waals surface area contributed by atoms with E-state index in [0.717, 1.165) is 11.3 Å². The van der Waals surface area contributed by atoms with Gasteiger partial charge in [0.05, 0.1) is 10.7 Å². The Kier molecular flexibility index (Phi) is 2.49. The number of rotatable bonds is 1. The van der Waals surface area contributed by atoms with Gasteiger partial charge in [0, 0.05) is 12.4 Å². The maximum atomic E-state index is 11.9. The van der Waals surface area contributed by atoms with E-state index in [0.29, 0.717) is 10.5 Å². The summed E-state index contributed by atoms with van der Waals surface area (Å²) < 4.78 is 1.75. The highest BCUT2D eigenvalue weighted by Gasteiger charge is 2.05. The lowest BCUT2D eigenvalue weighted by atomic mass is 10.1. The Morgan fingerprint density at radius 2 is 1.89 bits per heavy atom. The summed E-state index contributed by atoms with van der Waals surface area (Å²) in [4.78, 5) is 14.8. The molecule has 0 aliphatic rings. The van der Waals surface area contributed by atoms with Crippen LogP contribution in [0.5, 0.6) is 0 Å². The van der Waals surface area contributed by atoms with Crippen molar-refractivity contribution in [2.75, 3.05) is 0 Å². The number of hydrogen-bond acceptors (Lipinski definition) is 1. The van der Waals surface area contributed by atoms with E-state index in [-0.39, 0.29) is 5.56 Å². The van der Waals surface area contributed by atoms with Gasteiger partial charge >= 0.3 is 0 Å². The Bertz CT molecular complexity index is 769. The van der Waals surface area contributed by atoms with Crippen LogP contribution in [-0.4, -0.2) is 9.38 Å². The summed E-state index contributed by atoms with van der Waals surface area (Å²) in [5.74, 6) is 0. The number of halogens is 1. The van der Waals surface area contributed by atoms with Crippen LogP contribution in [0.25, 0.3) is 16.8 Å². The van der Waals surface area contributed by atoms with Gasteiger partial charge in [-0.3, -0.25) is 4.79 Å². The Balaban J connectivity index is 2.24. The standard InChI is InChI=1S/C14H11ClN2O/c1-9-2-4-10(5-3-9)12-8-17-7-11(15)6-13(17)14(18)16-12/h2-8H,1H3,(H,16,18). The number of aromatic nitrogens is 2. The monoisotopic (exact) mass is 258 g/mol. The molecule has 3 rings (SSSR count). The summed E-state index contributed by atoms with van der Waals surface area (Å²) in [7, 11) is 0. The molecule has 0 amide bonds. The zero-order valence-corrected chi connectivity index (χ0v) is 10.5. The third-order valence-electron chi connectivity index (χ3n) is 2.93. The summed E-state index contributed by atoms with van der Waals surface area (Å²) in [5, 5.41) is 0.557. The number of fused-ring (bicyclic) bond motifs is 1. The fourth-order valence-corrected chi connectivity index (χ4v) is 2.18. The second-order valence-corrected chi connectivity index (χ2v) is 4.75. The van der Waals surface area contributed by atoms with Gasteiger partial charge in [-0.15, -0.1) is 0 Å². The smallest absolute Gasteiger partial charge is 0.272 e. The molecule has 0 radical (unpaired) electrons. The summed E-state index contributed by atoms with van der Waals surface area (Å²) in [6.07, 6.45) is 3.59. The molecule has 18 heavy (non-hydrogen) atoms. The quantitative estimate of drug-likeness (QED) is 0.715. The number of nitrogens with one attached hydrogen (secondary N) is 1. The Morgan fingerprint density at radius 3 is 2.61 bits per heavy atom. The first-order valence-electron chi connectivity index (χ1n) is 5.61. The summed E-state index contributed by atoms with van der Waals surface area (Å²) in [6, 6.07) is 9.65. The molecule has 2 heterocycles. The average molecular weight is 259 g/mol. The molecule has 0 saturated carbocycles. The van der Waals surface area contributed by atoms with Gasteiger partial charge in [0.2, 0.25) is 0 Å². The largest absolute Gasteiger partial charge is 0.319 e. The molecule has 2 aromatic heterocycles. The third-order valence-corrected chi connectivity index (χ3v) is 3.13. The van der Waals surface area contributed by atoms with Gasteiger partial charge in [-0.25, -0.2) is 0 Å². The maximum absolute atomic E-state index is 11.9. The molecule has 0 fully saturated rings. The van der Waals surface area contributed by atoms with Crippen molar-refractivity contribution in [2.45, 2.75) is 6.92 Å². The molecule has 0 spiro atoms. The number of hydrogen-bond donors (Lipinski definition) is 1. The second kappa shape index (κ2) is 4.03. The number of benzene rings is 1. The second-order valence-electron chi connectivity index (χ2n) is 4.31. The molecule has 1 N–H and O–H groups in total. The molecule has 1 aromatic carbocycles. The van der Waals surface area contributed by atoms with Crippen LogP contribution in [0.4, 0.5) is 0 Å². The van der Waals surface area contributed by atoms with Gasteiger partial charge in [0.15, 0.2) is 0 Å². The number of H-pyrrole nitrogens is 1. The van der Waals surface area contributed by atoms with Gasteiger partial charge < -0.3 is 9.38 Å². The molecular weight excluding hydrogens is 248 g/mol. The average Bonchev–Trinajstić information content (AvgIpc) is 2.71. The lowest BCUT2D eigenvalue weighted by molar-refractivity contribution is 1.11. The van der Waals surface area contributed by atoms with Gasteiger partial charge in [0.1, 0.15) is 5.52 Å². The van der Waals surface area contributed by atoms with Gasteiger partial charge in [0.25, 0.3) is 5.56 Å². The van der Waals surface area contributed by atoms with E-state index in [4.69, 9.17) is 11.6 Å². The highest BCUT2D eigenvalue weighted by atomic mass is 35.5. The van der Waals surface area contributed by atoms with E-state index < -0.39 is 0 Å². The molecule has 0 bridgehead atoms. The Morgan fingerprint density at radius 1 is 1.17 bits per heavy atom. The first-order valence-corrected chi connectivity index (χ1v) is 5.99. The lowest BCUT2D eigenvalue weighted by Gasteiger charge is -2.03. The van der Waals surface area contributed by atoms with Gasteiger partial charge in [-0.05, 0) is 18.6 Å². The summed E-state index contributed by atoms with van der Waals surface area (Å²) in [6.45, 7) is 2.03. The van der Waals surface area contributed by atoms with Crippen LogP contribution >= 0.6 is 11.6 Å². The van der Waals surface area contributed by atoms with Gasteiger partial charge in [-0.1, -0.05) is 41.4 Å². The lowest BCUT2D eigenvalue weighted by Crippen LogP contribution is -2.09. The minimum atomic E-state index is -0.139. The predicted octanol–water partition coefficient (Wildman–Crippen LogP) is 3.26. The third kappa shape index (κ3) is 1.83. The van der Waals surface area contributed by atoms with Crippen molar-refractivity contribution >= 4 is 17.1 Å². The van der Waals surface area contributed by atoms with Crippen molar-refractivity contribution in [3.63, 3.8) is 0 Å². The molecule has 90 valence electrons. The van der Waals surface area contributed by atoms with Crippen molar-refractivity contribution in [3.8, 4) is 11.3 Å². The topological polar surface area (TPSA) is 37.3 Å². The molecule has 0 aliphatic carbocycles. The fourth-order valence-electron chi connectivity index (χ4n) is 1.97. The van der Waals surface area contributed by atoms with E-state index in [1.54, 1.807) is 16.7 Å². The van der Waals surface area contributed by atoms with Crippen molar-refractivity contribution < 1.29 is 0 Å². The van der Waals surface area contributed by atoms with Crippen LogP contribution in [0, 0.1) is 6.92 Å². The van der Waals surface area contributed by atoms with Crippen molar-refractivity contribution in [1.29, 1.82) is 0 Å². The van der Waals surface area contributed by atoms with E-state index >= 15 is 0 Å².